The van der Waals surface area contributed by atoms with Gasteiger partial charge in [-0.3, -0.25) is 4.90 Å². The number of rotatable bonds is 6. The van der Waals surface area contributed by atoms with E-state index in [2.05, 4.69) is 45.0 Å². The molecule has 1 fully saturated rings. The van der Waals surface area contributed by atoms with Crippen LogP contribution in [0.4, 0.5) is 0 Å². The summed E-state index contributed by atoms with van der Waals surface area (Å²) in [5, 5.41) is 3.57. The van der Waals surface area contributed by atoms with Gasteiger partial charge in [-0.05, 0) is 38.8 Å². The highest BCUT2D eigenvalue weighted by atomic mass is 16.5. The van der Waals surface area contributed by atoms with Crippen LogP contribution in [0, 0.1) is 5.41 Å². The minimum atomic E-state index is 0.387. The second kappa shape index (κ2) is 6.88. The first-order valence-corrected chi connectivity index (χ1v) is 7.39. The third kappa shape index (κ3) is 3.46. The molecule has 3 atom stereocenters. The van der Waals surface area contributed by atoms with Crippen molar-refractivity contribution in [3.63, 3.8) is 0 Å². The molecule has 18 heavy (non-hydrogen) atoms. The van der Waals surface area contributed by atoms with Crippen molar-refractivity contribution in [2.24, 2.45) is 5.41 Å². The highest BCUT2D eigenvalue weighted by Crippen LogP contribution is 2.38. The van der Waals surface area contributed by atoms with Crippen LogP contribution in [0.2, 0.25) is 0 Å². The van der Waals surface area contributed by atoms with Gasteiger partial charge < -0.3 is 10.1 Å². The maximum absolute atomic E-state index is 5.34. The van der Waals surface area contributed by atoms with Crippen LogP contribution < -0.4 is 5.32 Å². The molecule has 3 unspecified atom stereocenters. The lowest BCUT2D eigenvalue weighted by molar-refractivity contribution is 0.00980. The van der Waals surface area contributed by atoms with Gasteiger partial charge in [-0.1, -0.05) is 27.2 Å². The fraction of sp³-hybridized carbons (Fsp3) is 1.00. The molecular formula is C15H32N2O. The van der Waals surface area contributed by atoms with E-state index in [1.54, 1.807) is 7.11 Å². The summed E-state index contributed by atoms with van der Waals surface area (Å²) in [5.41, 5.74) is 0.387. The first-order chi connectivity index (χ1) is 8.47. The second-order valence-electron chi connectivity index (χ2n) is 6.35. The summed E-state index contributed by atoms with van der Waals surface area (Å²) in [7, 11) is 3.91. The molecule has 0 saturated heterocycles. The summed E-state index contributed by atoms with van der Waals surface area (Å²) in [6.45, 7) is 11.3. The third-order valence-electron chi connectivity index (χ3n) is 4.62. The Morgan fingerprint density at radius 1 is 1.44 bits per heavy atom. The van der Waals surface area contributed by atoms with Crippen molar-refractivity contribution in [1.82, 2.24) is 10.2 Å². The highest BCUT2D eigenvalue weighted by molar-refractivity contribution is 4.98. The molecular weight excluding hydrogens is 224 g/mol. The Hall–Kier alpha value is -0.120. The van der Waals surface area contributed by atoms with E-state index in [9.17, 15) is 0 Å². The van der Waals surface area contributed by atoms with Crippen LogP contribution in [-0.4, -0.2) is 50.3 Å². The minimum Gasteiger partial charge on any atom is -0.383 e. The van der Waals surface area contributed by atoms with Gasteiger partial charge in [0, 0.05) is 25.2 Å². The molecule has 3 nitrogen and oxygen atoms in total. The van der Waals surface area contributed by atoms with Gasteiger partial charge in [0.15, 0.2) is 0 Å². The smallest absolute Gasteiger partial charge is 0.0615 e. The molecule has 0 spiro atoms. The molecule has 0 heterocycles. The molecule has 0 aromatic rings. The van der Waals surface area contributed by atoms with Gasteiger partial charge in [0.05, 0.1) is 6.61 Å². The molecule has 0 bridgehead atoms. The first-order valence-electron chi connectivity index (χ1n) is 7.39. The predicted molar refractivity (Wildman–Crippen MR) is 78.0 cm³/mol. The van der Waals surface area contributed by atoms with E-state index in [1.807, 2.05) is 0 Å². The maximum Gasteiger partial charge on any atom is 0.0615 e. The number of nitrogens with zero attached hydrogens (tertiary/aromatic N) is 1. The molecule has 1 saturated carbocycles. The van der Waals surface area contributed by atoms with Crippen LogP contribution in [0.15, 0.2) is 0 Å². The zero-order valence-electron chi connectivity index (χ0n) is 13.1. The van der Waals surface area contributed by atoms with Gasteiger partial charge in [0.25, 0.3) is 0 Å². The van der Waals surface area contributed by atoms with Crippen molar-refractivity contribution in [3.8, 4) is 0 Å². The quantitative estimate of drug-likeness (QED) is 0.790. The van der Waals surface area contributed by atoms with Crippen LogP contribution in [0.3, 0.4) is 0 Å². The van der Waals surface area contributed by atoms with Gasteiger partial charge >= 0.3 is 0 Å². The number of ether oxygens (including phenoxy) is 1. The van der Waals surface area contributed by atoms with Crippen LogP contribution in [0.1, 0.15) is 47.0 Å². The van der Waals surface area contributed by atoms with Crippen molar-refractivity contribution in [3.05, 3.63) is 0 Å². The average Bonchev–Trinajstić information content (AvgIpc) is 2.29. The Morgan fingerprint density at radius 3 is 2.61 bits per heavy atom. The van der Waals surface area contributed by atoms with Gasteiger partial charge in [-0.15, -0.1) is 0 Å². The topological polar surface area (TPSA) is 24.5 Å². The molecule has 0 amide bonds. The fourth-order valence-electron chi connectivity index (χ4n) is 3.76. The summed E-state index contributed by atoms with van der Waals surface area (Å²) >= 11 is 0. The van der Waals surface area contributed by atoms with E-state index in [-0.39, 0.29) is 0 Å². The van der Waals surface area contributed by atoms with Crippen molar-refractivity contribution >= 4 is 0 Å². The molecule has 1 N–H and O–H groups in total. The predicted octanol–water partition coefficient (Wildman–Crippen LogP) is 2.51. The summed E-state index contributed by atoms with van der Waals surface area (Å²) in [6.07, 6.45) is 3.97. The summed E-state index contributed by atoms with van der Waals surface area (Å²) in [6, 6.07) is 1.70. The highest BCUT2D eigenvalue weighted by Gasteiger charge is 2.41. The Kier molecular flexibility index (Phi) is 6.09. The number of methoxy groups -OCH3 is 1. The third-order valence-corrected chi connectivity index (χ3v) is 4.62. The molecule has 108 valence electrons. The summed E-state index contributed by atoms with van der Waals surface area (Å²) in [4.78, 5) is 2.62. The number of hydrogen-bond donors (Lipinski definition) is 1. The molecule has 3 heteroatoms. The van der Waals surface area contributed by atoms with Crippen molar-refractivity contribution in [2.45, 2.75) is 65.1 Å². The van der Waals surface area contributed by atoms with Crippen molar-refractivity contribution in [2.75, 3.05) is 27.3 Å². The minimum absolute atomic E-state index is 0.387. The van der Waals surface area contributed by atoms with Gasteiger partial charge in [0.1, 0.15) is 0 Å². The zero-order valence-corrected chi connectivity index (χ0v) is 13.1. The van der Waals surface area contributed by atoms with E-state index in [0.29, 0.717) is 23.5 Å². The monoisotopic (exact) mass is 256 g/mol. The molecule has 0 radical (unpaired) electrons. The molecule has 0 aliphatic heterocycles. The summed E-state index contributed by atoms with van der Waals surface area (Å²) < 4.78 is 5.34. The lowest BCUT2D eigenvalue weighted by atomic mass is 9.70. The first kappa shape index (κ1) is 15.9. The van der Waals surface area contributed by atoms with Gasteiger partial charge in [0.2, 0.25) is 0 Å². The van der Waals surface area contributed by atoms with Crippen LogP contribution in [0.5, 0.6) is 0 Å². The van der Waals surface area contributed by atoms with E-state index in [1.165, 1.54) is 19.3 Å². The van der Waals surface area contributed by atoms with E-state index < -0.39 is 0 Å². The van der Waals surface area contributed by atoms with Crippen molar-refractivity contribution in [1.29, 1.82) is 0 Å². The standard InChI is InChI=1S/C15H32N2O/c1-7-17(12(2)11-18-6)13-9-8-10-15(3,4)14(13)16-5/h12-14,16H,7-11H2,1-6H3. The number of nitrogens with one attached hydrogen (secondary N) is 1. The lowest BCUT2D eigenvalue weighted by Gasteiger charge is -2.49. The molecule has 1 rings (SSSR count). The normalized spacial score (nSPS) is 29.5. The van der Waals surface area contributed by atoms with E-state index in [4.69, 9.17) is 4.74 Å². The van der Waals surface area contributed by atoms with E-state index >= 15 is 0 Å². The lowest BCUT2D eigenvalue weighted by Crippen LogP contribution is -2.60. The Balaban J connectivity index is 2.82. The van der Waals surface area contributed by atoms with Crippen LogP contribution in [-0.2, 0) is 4.74 Å². The summed E-state index contributed by atoms with van der Waals surface area (Å²) in [5.74, 6) is 0. The van der Waals surface area contributed by atoms with Gasteiger partial charge in [-0.25, -0.2) is 0 Å². The van der Waals surface area contributed by atoms with E-state index in [0.717, 1.165) is 13.2 Å². The largest absolute Gasteiger partial charge is 0.383 e. The Labute approximate surface area is 113 Å². The molecule has 0 aromatic carbocycles. The second-order valence-corrected chi connectivity index (χ2v) is 6.35. The maximum atomic E-state index is 5.34. The van der Waals surface area contributed by atoms with Crippen LogP contribution in [0.25, 0.3) is 0 Å². The molecule has 1 aliphatic carbocycles. The Morgan fingerprint density at radius 2 is 2.11 bits per heavy atom. The average molecular weight is 256 g/mol. The number of hydrogen-bond acceptors (Lipinski definition) is 3. The molecule has 1 aliphatic rings. The van der Waals surface area contributed by atoms with Crippen molar-refractivity contribution < 1.29 is 4.74 Å². The van der Waals surface area contributed by atoms with Crippen LogP contribution >= 0.6 is 0 Å². The number of likely N-dealkylation sites (N-methyl/N-ethyl adjacent to an activating group) is 2. The van der Waals surface area contributed by atoms with Gasteiger partial charge in [-0.2, -0.15) is 0 Å². The SMILES string of the molecule is CCN(C(C)COC)C1CCCC(C)(C)C1NC. The Bertz CT molecular complexity index is 243. The molecule has 0 aromatic heterocycles. The fourth-order valence-corrected chi connectivity index (χ4v) is 3.76. The zero-order chi connectivity index (χ0) is 13.8.